The third-order valence-electron chi connectivity index (χ3n) is 3.59. The molecule has 0 aliphatic rings. The van der Waals surface area contributed by atoms with Crippen molar-refractivity contribution in [2.24, 2.45) is 0 Å². The maximum atomic E-state index is 11.9. The first-order valence-corrected chi connectivity index (χ1v) is 7.85. The Bertz CT molecular complexity index is 705. The lowest BCUT2D eigenvalue weighted by Gasteiger charge is -2.09. The van der Waals surface area contributed by atoms with Gasteiger partial charge in [0.05, 0.1) is 18.7 Å². The molecule has 0 aliphatic heterocycles. The monoisotopic (exact) mass is 323 g/mol. The first-order chi connectivity index (χ1) is 11.7. The second kappa shape index (κ2) is 9.33. The molecule has 0 unspecified atom stereocenters. The third kappa shape index (κ3) is 5.41. The van der Waals surface area contributed by atoms with Crippen molar-refractivity contribution in [3.63, 3.8) is 0 Å². The first-order valence-electron chi connectivity index (χ1n) is 7.85. The van der Waals surface area contributed by atoms with Crippen LogP contribution >= 0.6 is 0 Å². The number of methoxy groups -OCH3 is 1. The molecule has 0 aliphatic carbocycles. The molecule has 1 amide bonds. The van der Waals surface area contributed by atoms with Crippen LogP contribution in [0.4, 0.5) is 5.69 Å². The van der Waals surface area contributed by atoms with Gasteiger partial charge in [0.1, 0.15) is 5.75 Å². The molecule has 0 bridgehead atoms. The lowest BCUT2D eigenvalue weighted by Crippen LogP contribution is -2.23. The zero-order valence-electron chi connectivity index (χ0n) is 13.7. The molecule has 24 heavy (non-hydrogen) atoms. The summed E-state index contributed by atoms with van der Waals surface area (Å²) in [5.74, 6) is 0.836. The van der Waals surface area contributed by atoms with Gasteiger partial charge in [-0.1, -0.05) is 18.2 Å². The van der Waals surface area contributed by atoms with Gasteiger partial charge in [0.15, 0.2) is 0 Å². The molecule has 0 saturated carbocycles. The summed E-state index contributed by atoms with van der Waals surface area (Å²) in [4.78, 5) is 11.9. The van der Waals surface area contributed by atoms with Crippen molar-refractivity contribution in [1.82, 2.24) is 5.32 Å². The summed E-state index contributed by atoms with van der Waals surface area (Å²) in [5, 5.41) is 14.8. The molecule has 2 aromatic carbocycles. The number of ether oxygens (including phenoxy) is 1. The van der Waals surface area contributed by atoms with E-state index in [1.165, 1.54) is 0 Å². The molecule has 0 atom stereocenters. The second-order valence-electron chi connectivity index (χ2n) is 5.30. The van der Waals surface area contributed by atoms with Crippen LogP contribution in [-0.2, 0) is 11.2 Å². The van der Waals surface area contributed by atoms with Gasteiger partial charge in [0.25, 0.3) is 0 Å². The molecule has 0 radical (unpaired) electrons. The number of hydrogen-bond donors (Lipinski definition) is 2. The highest BCUT2D eigenvalue weighted by molar-refractivity contribution is 5.90. The number of nitriles is 1. The van der Waals surface area contributed by atoms with Gasteiger partial charge >= 0.3 is 0 Å². The number of amides is 1. The molecule has 0 aromatic heterocycles. The predicted octanol–water partition coefficient (Wildman–Crippen LogP) is 2.73. The highest BCUT2D eigenvalue weighted by atomic mass is 16.5. The number of benzene rings is 2. The van der Waals surface area contributed by atoms with E-state index in [2.05, 4.69) is 10.6 Å². The predicted molar refractivity (Wildman–Crippen MR) is 94.0 cm³/mol. The van der Waals surface area contributed by atoms with Crippen LogP contribution in [0.5, 0.6) is 5.75 Å². The first kappa shape index (κ1) is 17.5. The normalized spacial score (nSPS) is 10.0. The Morgan fingerprint density at radius 3 is 2.58 bits per heavy atom. The summed E-state index contributed by atoms with van der Waals surface area (Å²) in [6, 6.07) is 16.8. The van der Waals surface area contributed by atoms with Gasteiger partial charge in [0.2, 0.25) is 5.91 Å². The van der Waals surface area contributed by atoms with E-state index in [0.717, 1.165) is 24.3 Å². The molecule has 124 valence electrons. The average molecular weight is 323 g/mol. The minimum Gasteiger partial charge on any atom is -0.496 e. The van der Waals surface area contributed by atoms with E-state index < -0.39 is 0 Å². The SMILES string of the molecule is COc1ccccc1CCNCCC(=O)Nc1ccc(C#N)cc1. The number of rotatable bonds is 8. The second-order valence-corrected chi connectivity index (χ2v) is 5.30. The van der Waals surface area contributed by atoms with Crippen LogP contribution in [0, 0.1) is 11.3 Å². The van der Waals surface area contributed by atoms with Gasteiger partial charge < -0.3 is 15.4 Å². The molecule has 5 heteroatoms. The van der Waals surface area contributed by atoms with Crippen molar-refractivity contribution < 1.29 is 9.53 Å². The smallest absolute Gasteiger partial charge is 0.225 e. The molecule has 2 N–H and O–H groups in total. The van der Waals surface area contributed by atoms with E-state index in [0.29, 0.717) is 24.2 Å². The summed E-state index contributed by atoms with van der Waals surface area (Å²) >= 11 is 0. The summed E-state index contributed by atoms with van der Waals surface area (Å²) in [7, 11) is 1.67. The quantitative estimate of drug-likeness (QED) is 0.733. The van der Waals surface area contributed by atoms with Gasteiger partial charge in [-0.2, -0.15) is 5.26 Å². The molecule has 0 spiro atoms. The Hall–Kier alpha value is -2.84. The number of anilines is 1. The van der Waals surface area contributed by atoms with Gasteiger partial charge in [-0.25, -0.2) is 0 Å². The van der Waals surface area contributed by atoms with Crippen LogP contribution in [0.15, 0.2) is 48.5 Å². The molecular weight excluding hydrogens is 302 g/mol. The van der Waals surface area contributed by atoms with E-state index in [1.54, 1.807) is 31.4 Å². The van der Waals surface area contributed by atoms with Crippen LogP contribution < -0.4 is 15.4 Å². The largest absolute Gasteiger partial charge is 0.496 e. The highest BCUT2D eigenvalue weighted by Gasteiger charge is 2.03. The fourth-order valence-electron chi connectivity index (χ4n) is 2.31. The Labute approximate surface area is 142 Å². The third-order valence-corrected chi connectivity index (χ3v) is 3.59. The summed E-state index contributed by atoms with van der Waals surface area (Å²) in [6.07, 6.45) is 1.24. The molecule has 5 nitrogen and oxygen atoms in total. The fourth-order valence-corrected chi connectivity index (χ4v) is 2.31. The fraction of sp³-hybridized carbons (Fsp3) is 0.263. The molecule has 0 heterocycles. The van der Waals surface area contributed by atoms with Crippen LogP contribution in [0.2, 0.25) is 0 Å². The maximum Gasteiger partial charge on any atom is 0.225 e. The highest BCUT2D eigenvalue weighted by Crippen LogP contribution is 2.17. The Kier molecular flexibility index (Phi) is 6.81. The van der Waals surface area contributed by atoms with Gasteiger partial charge in [-0.15, -0.1) is 0 Å². The van der Waals surface area contributed by atoms with Crippen LogP contribution in [0.3, 0.4) is 0 Å². The Morgan fingerprint density at radius 1 is 1.12 bits per heavy atom. The van der Waals surface area contributed by atoms with Gasteiger partial charge in [-0.3, -0.25) is 4.79 Å². The van der Waals surface area contributed by atoms with Crippen molar-refractivity contribution in [1.29, 1.82) is 5.26 Å². The van der Waals surface area contributed by atoms with E-state index in [4.69, 9.17) is 10.00 Å². The van der Waals surface area contributed by atoms with Crippen LogP contribution in [-0.4, -0.2) is 26.1 Å². The van der Waals surface area contributed by atoms with E-state index in [-0.39, 0.29) is 5.91 Å². The number of carbonyl (C=O) groups is 1. The van der Waals surface area contributed by atoms with Crippen molar-refractivity contribution in [2.75, 3.05) is 25.5 Å². The van der Waals surface area contributed by atoms with Crippen molar-refractivity contribution in [3.05, 3.63) is 59.7 Å². The number of hydrogen-bond acceptors (Lipinski definition) is 4. The molecular formula is C19H21N3O2. The standard InChI is InChI=1S/C19H21N3O2/c1-24-18-5-3-2-4-16(18)10-12-21-13-11-19(23)22-17-8-6-15(14-20)7-9-17/h2-9,21H,10-13H2,1H3,(H,22,23). The van der Waals surface area contributed by atoms with Gasteiger partial charge in [0, 0.05) is 18.7 Å². The molecule has 2 aromatic rings. The summed E-state index contributed by atoms with van der Waals surface area (Å²) in [5.41, 5.74) is 2.42. The Balaban J connectivity index is 1.66. The van der Waals surface area contributed by atoms with Crippen LogP contribution in [0.25, 0.3) is 0 Å². The van der Waals surface area contributed by atoms with E-state index in [9.17, 15) is 4.79 Å². The number of carbonyl (C=O) groups excluding carboxylic acids is 1. The number of nitrogens with one attached hydrogen (secondary N) is 2. The van der Waals surface area contributed by atoms with Crippen molar-refractivity contribution in [3.8, 4) is 11.8 Å². The summed E-state index contributed by atoms with van der Waals surface area (Å²) in [6.45, 7) is 1.39. The zero-order chi connectivity index (χ0) is 17.2. The van der Waals surface area contributed by atoms with E-state index >= 15 is 0 Å². The summed E-state index contributed by atoms with van der Waals surface area (Å²) < 4.78 is 5.31. The molecule has 0 fully saturated rings. The van der Waals surface area contributed by atoms with E-state index in [1.807, 2.05) is 30.3 Å². The Morgan fingerprint density at radius 2 is 1.88 bits per heavy atom. The van der Waals surface area contributed by atoms with Crippen molar-refractivity contribution in [2.45, 2.75) is 12.8 Å². The van der Waals surface area contributed by atoms with Crippen LogP contribution in [0.1, 0.15) is 17.5 Å². The number of nitrogens with zero attached hydrogens (tertiary/aromatic N) is 1. The molecule has 0 saturated heterocycles. The topological polar surface area (TPSA) is 74.2 Å². The van der Waals surface area contributed by atoms with Gasteiger partial charge in [-0.05, 0) is 48.9 Å². The average Bonchev–Trinajstić information content (AvgIpc) is 2.62. The number of para-hydroxylation sites is 1. The minimum absolute atomic E-state index is 0.0514. The lowest BCUT2D eigenvalue weighted by molar-refractivity contribution is -0.116. The zero-order valence-corrected chi connectivity index (χ0v) is 13.7. The molecule has 2 rings (SSSR count). The van der Waals surface area contributed by atoms with Crippen molar-refractivity contribution >= 4 is 11.6 Å². The maximum absolute atomic E-state index is 11.9. The lowest BCUT2D eigenvalue weighted by atomic mass is 10.1. The minimum atomic E-state index is -0.0514.